The number of methoxy groups -OCH3 is 1. The smallest absolute Gasteiger partial charge is 0.333 e. The van der Waals surface area contributed by atoms with Crippen LogP contribution in [0.3, 0.4) is 0 Å². The Morgan fingerprint density at radius 2 is 2.25 bits per heavy atom. The highest BCUT2D eigenvalue weighted by Gasteiger charge is 2.26. The van der Waals surface area contributed by atoms with E-state index in [9.17, 15) is 4.79 Å². The van der Waals surface area contributed by atoms with Crippen LogP contribution in [0.15, 0.2) is 11.6 Å². The number of carbonyl (C=O) groups excluding carboxylic acids is 1. The van der Waals surface area contributed by atoms with Crippen LogP contribution in [-0.2, 0) is 14.3 Å². The molecule has 0 spiro atoms. The van der Waals surface area contributed by atoms with Crippen molar-refractivity contribution >= 4 is 5.97 Å². The molecule has 4 heteroatoms. The van der Waals surface area contributed by atoms with Crippen molar-refractivity contribution in [1.82, 2.24) is 4.90 Å². The highest BCUT2D eigenvalue weighted by molar-refractivity contribution is 5.87. The summed E-state index contributed by atoms with van der Waals surface area (Å²) < 4.78 is 10.3. The molecule has 0 aromatic heterocycles. The van der Waals surface area contributed by atoms with Crippen molar-refractivity contribution in [3.63, 3.8) is 0 Å². The highest BCUT2D eigenvalue weighted by atomic mass is 16.5. The second-order valence-corrected chi connectivity index (χ2v) is 4.72. The molecule has 92 valence electrons. The summed E-state index contributed by atoms with van der Waals surface area (Å²) in [6, 6.07) is 0. The van der Waals surface area contributed by atoms with Crippen molar-refractivity contribution in [3.8, 4) is 0 Å². The molecule has 1 aliphatic heterocycles. The maximum atomic E-state index is 11.2. The average molecular weight is 227 g/mol. The lowest BCUT2D eigenvalue weighted by molar-refractivity contribution is -0.136. The van der Waals surface area contributed by atoms with Crippen LogP contribution >= 0.6 is 0 Å². The lowest BCUT2D eigenvalue weighted by atomic mass is 10.1. The number of rotatable bonds is 3. The molecule has 0 atom stereocenters. The number of nitrogens with zero attached hydrogens (tertiary/aromatic N) is 1. The number of carbonyl (C=O) groups is 1. The molecule has 0 radical (unpaired) electrons. The quantitative estimate of drug-likeness (QED) is 0.537. The van der Waals surface area contributed by atoms with Crippen molar-refractivity contribution in [2.75, 3.05) is 33.4 Å². The summed E-state index contributed by atoms with van der Waals surface area (Å²) in [5, 5.41) is 0. The molecule has 0 amide bonds. The van der Waals surface area contributed by atoms with Gasteiger partial charge in [0.05, 0.1) is 19.3 Å². The molecule has 0 saturated carbocycles. The Morgan fingerprint density at radius 1 is 1.56 bits per heavy atom. The number of morpholine rings is 1. The predicted molar refractivity (Wildman–Crippen MR) is 62.2 cm³/mol. The van der Waals surface area contributed by atoms with Gasteiger partial charge in [-0.2, -0.15) is 0 Å². The molecule has 0 bridgehead atoms. The van der Waals surface area contributed by atoms with E-state index >= 15 is 0 Å². The van der Waals surface area contributed by atoms with Gasteiger partial charge in [-0.25, -0.2) is 4.79 Å². The van der Waals surface area contributed by atoms with Crippen LogP contribution in [0.25, 0.3) is 0 Å². The largest absolute Gasteiger partial charge is 0.466 e. The van der Waals surface area contributed by atoms with Crippen molar-refractivity contribution in [2.24, 2.45) is 0 Å². The molecule has 0 N–H and O–H groups in total. The van der Waals surface area contributed by atoms with E-state index in [4.69, 9.17) is 4.74 Å². The van der Waals surface area contributed by atoms with Crippen LogP contribution in [0.4, 0.5) is 0 Å². The molecule has 4 nitrogen and oxygen atoms in total. The third-order valence-electron chi connectivity index (χ3n) is 2.67. The zero-order valence-electron chi connectivity index (χ0n) is 10.6. The minimum Gasteiger partial charge on any atom is -0.466 e. The minimum absolute atomic E-state index is 0.0920. The number of hydrogen-bond acceptors (Lipinski definition) is 4. The van der Waals surface area contributed by atoms with E-state index in [0.29, 0.717) is 5.57 Å². The van der Waals surface area contributed by atoms with Crippen LogP contribution in [0, 0.1) is 0 Å². The Hall–Kier alpha value is -0.870. The summed E-state index contributed by atoms with van der Waals surface area (Å²) in [5.74, 6) is -0.257. The molecule has 0 aliphatic carbocycles. The third kappa shape index (κ3) is 3.94. The van der Waals surface area contributed by atoms with Crippen molar-refractivity contribution in [2.45, 2.75) is 26.4 Å². The molecule has 16 heavy (non-hydrogen) atoms. The van der Waals surface area contributed by atoms with Gasteiger partial charge in [-0.05, 0) is 20.8 Å². The fourth-order valence-corrected chi connectivity index (χ4v) is 1.78. The standard InChI is InChI=1S/C12H21NO3/c1-10(11(14)15-4)5-6-13-7-8-16-12(2,3)9-13/h5H,6-9H2,1-4H3. The van der Waals surface area contributed by atoms with Gasteiger partial charge >= 0.3 is 5.97 Å². The maximum absolute atomic E-state index is 11.2. The summed E-state index contributed by atoms with van der Waals surface area (Å²) in [6.07, 6.45) is 1.91. The van der Waals surface area contributed by atoms with Gasteiger partial charge < -0.3 is 9.47 Å². The van der Waals surface area contributed by atoms with E-state index in [-0.39, 0.29) is 11.6 Å². The summed E-state index contributed by atoms with van der Waals surface area (Å²) >= 11 is 0. The molecule has 1 aliphatic rings. The van der Waals surface area contributed by atoms with E-state index in [1.165, 1.54) is 7.11 Å². The second-order valence-electron chi connectivity index (χ2n) is 4.72. The van der Waals surface area contributed by atoms with E-state index in [1.807, 2.05) is 6.08 Å². The first-order chi connectivity index (χ1) is 7.44. The normalized spacial score (nSPS) is 21.9. The minimum atomic E-state index is -0.257. The molecular formula is C12H21NO3. The van der Waals surface area contributed by atoms with E-state index < -0.39 is 0 Å². The fourth-order valence-electron chi connectivity index (χ4n) is 1.78. The number of esters is 1. The van der Waals surface area contributed by atoms with Crippen LogP contribution in [0.1, 0.15) is 20.8 Å². The van der Waals surface area contributed by atoms with Crippen LogP contribution in [-0.4, -0.2) is 49.8 Å². The van der Waals surface area contributed by atoms with Crippen LogP contribution in [0.2, 0.25) is 0 Å². The van der Waals surface area contributed by atoms with Crippen LogP contribution in [0.5, 0.6) is 0 Å². The lowest BCUT2D eigenvalue weighted by Crippen LogP contribution is -2.48. The summed E-state index contributed by atoms with van der Waals surface area (Å²) in [5.41, 5.74) is 0.567. The first-order valence-corrected chi connectivity index (χ1v) is 5.56. The SMILES string of the molecule is COC(=O)C(C)=CCN1CCOC(C)(C)C1. The Labute approximate surface area is 97.2 Å². The van der Waals surface area contributed by atoms with Gasteiger partial charge in [0.25, 0.3) is 0 Å². The van der Waals surface area contributed by atoms with E-state index in [1.54, 1.807) is 6.92 Å². The number of ether oxygens (including phenoxy) is 2. The Morgan fingerprint density at radius 3 is 2.81 bits per heavy atom. The number of hydrogen-bond donors (Lipinski definition) is 0. The van der Waals surface area contributed by atoms with Crippen LogP contribution < -0.4 is 0 Å². The molecular weight excluding hydrogens is 206 g/mol. The Bertz CT molecular complexity index is 284. The average Bonchev–Trinajstić information content (AvgIpc) is 2.23. The van der Waals surface area contributed by atoms with Gasteiger partial charge in [0, 0.05) is 25.2 Å². The molecule has 0 aromatic rings. The Kier molecular flexibility index (Phi) is 4.50. The summed E-state index contributed by atoms with van der Waals surface area (Å²) in [7, 11) is 1.40. The van der Waals surface area contributed by atoms with Gasteiger partial charge in [0.15, 0.2) is 0 Å². The van der Waals surface area contributed by atoms with Crippen molar-refractivity contribution in [3.05, 3.63) is 11.6 Å². The third-order valence-corrected chi connectivity index (χ3v) is 2.67. The highest BCUT2D eigenvalue weighted by Crippen LogP contribution is 2.16. The first kappa shape index (κ1) is 13.2. The molecule has 1 rings (SSSR count). The maximum Gasteiger partial charge on any atom is 0.333 e. The lowest BCUT2D eigenvalue weighted by Gasteiger charge is -2.37. The molecule has 0 aromatic carbocycles. The monoisotopic (exact) mass is 227 g/mol. The molecule has 1 saturated heterocycles. The molecule has 1 heterocycles. The second kappa shape index (κ2) is 5.46. The fraction of sp³-hybridized carbons (Fsp3) is 0.750. The van der Waals surface area contributed by atoms with Gasteiger partial charge in [-0.1, -0.05) is 6.08 Å². The predicted octanol–water partition coefficient (Wildman–Crippen LogP) is 1.22. The van der Waals surface area contributed by atoms with Crippen molar-refractivity contribution in [1.29, 1.82) is 0 Å². The molecule has 0 unspecified atom stereocenters. The zero-order chi connectivity index (χ0) is 12.2. The van der Waals surface area contributed by atoms with Gasteiger partial charge in [0.2, 0.25) is 0 Å². The van der Waals surface area contributed by atoms with Crippen molar-refractivity contribution < 1.29 is 14.3 Å². The molecule has 1 fully saturated rings. The Balaban J connectivity index is 2.46. The van der Waals surface area contributed by atoms with E-state index in [2.05, 4.69) is 23.5 Å². The van der Waals surface area contributed by atoms with Gasteiger partial charge in [-0.3, -0.25) is 4.90 Å². The zero-order valence-corrected chi connectivity index (χ0v) is 10.6. The van der Waals surface area contributed by atoms with E-state index in [0.717, 1.165) is 26.2 Å². The topological polar surface area (TPSA) is 38.8 Å². The first-order valence-electron chi connectivity index (χ1n) is 5.56. The van der Waals surface area contributed by atoms with Gasteiger partial charge in [-0.15, -0.1) is 0 Å². The summed E-state index contributed by atoms with van der Waals surface area (Å²) in [4.78, 5) is 13.5. The van der Waals surface area contributed by atoms with Gasteiger partial charge in [0.1, 0.15) is 0 Å². The summed E-state index contributed by atoms with van der Waals surface area (Å²) in [6.45, 7) is 9.25.